The highest BCUT2D eigenvalue weighted by Gasteiger charge is 2.42. The highest BCUT2D eigenvalue weighted by atomic mass is 19.1. The van der Waals surface area contributed by atoms with Gasteiger partial charge in [0.15, 0.2) is 12.1 Å². The molecule has 2 aromatic heterocycles. The van der Waals surface area contributed by atoms with Gasteiger partial charge in [0.1, 0.15) is 11.9 Å². The minimum absolute atomic E-state index is 0.187. The normalized spacial score (nSPS) is 23.6. The van der Waals surface area contributed by atoms with Crippen LogP contribution in [0.3, 0.4) is 0 Å². The van der Waals surface area contributed by atoms with E-state index in [1.807, 2.05) is 0 Å². The van der Waals surface area contributed by atoms with Gasteiger partial charge in [0, 0.05) is 5.92 Å². The van der Waals surface area contributed by atoms with Crippen molar-refractivity contribution in [1.82, 2.24) is 14.4 Å². The first kappa shape index (κ1) is 9.38. The topological polar surface area (TPSA) is 47.3 Å². The van der Waals surface area contributed by atoms with Crippen LogP contribution in [0.4, 0.5) is 8.78 Å². The van der Waals surface area contributed by atoms with Crippen LogP contribution < -0.4 is 0 Å². The third-order valence-corrected chi connectivity index (χ3v) is 2.69. The molecule has 1 aliphatic carbocycles. The van der Waals surface area contributed by atoms with Crippen molar-refractivity contribution in [3.63, 3.8) is 0 Å². The summed E-state index contributed by atoms with van der Waals surface area (Å²) in [6, 6.07) is 0. The lowest BCUT2D eigenvalue weighted by atomic mass is 10.2. The van der Waals surface area contributed by atoms with Gasteiger partial charge in [-0.25, -0.2) is 18.7 Å². The molecule has 0 saturated heterocycles. The molecule has 1 aliphatic rings. The van der Waals surface area contributed by atoms with E-state index in [-0.39, 0.29) is 17.4 Å². The van der Waals surface area contributed by atoms with E-state index in [2.05, 4.69) is 9.97 Å². The maximum Gasteiger partial charge on any atom is 0.234 e. The first-order valence-corrected chi connectivity index (χ1v) is 4.83. The quantitative estimate of drug-likeness (QED) is 0.725. The number of rotatable bonds is 2. The first-order valence-electron chi connectivity index (χ1n) is 4.83. The Morgan fingerprint density at radius 2 is 2.31 bits per heavy atom. The summed E-state index contributed by atoms with van der Waals surface area (Å²) < 4.78 is 27.1. The second-order valence-corrected chi connectivity index (χ2v) is 3.80. The maximum absolute atomic E-state index is 13.0. The molecule has 82 valence electrons. The molecule has 0 aliphatic heterocycles. The number of carbonyl (C=O) groups is 1. The number of halogens is 2. The fourth-order valence-electron chi connectivity index (χ4n) is 1.78. The van der Waals surface area contributed by atoms with Gasteiger partial charge in [0.25, 0.3) is 0 Å². The van der Waals surface area contributed by atoms with Crippen molar-refractivity contribution in [1.29, 1.82) is 0 Å². The summed E-state index contributed by atoms with van der Waals surface area (Å²) in [6.07, 6.45) is 2.11. The van der Waals surface area contributed by atoms with Gasteiger partial charge in [0.2, 0.25) is 5.78 Å². The fourth-order valence-corrected chi connectivity index (χ4v) is 1.78. The zero-order valence-electron chi connectivity index (χ0n) is 8.10. The molecule has 1 saturated carbocycles. The van der Waals surface area contributed by atoms with Crippen molar-refractivity contribution < 1.29 is 13.6 Å². The highest BCUT2D eigenvalue weighted by molar-refractivity contribution is 5.76. The molecule has 0 aromatic carbocycles. The van der Waals surface area contributed by atoms with E-state index < -0.39 is 12.0 Å². The summed E-state index contributed by atoms with van der Waals surface area (Å²) >= 11 is 0. The Hall–Kier alpha value is -1.85. The van der Waals surface area contributed by atoms with Crippen LogP contribution in [0.15, 0.2) is 12.4 Å². The molecular formula is C10H7F2N3O. The monoisotopic (exact) mass is 223 g/mol. The molecular weight excluding hydrogens is 216 g/mol. The smallest absolute Gasteiger partial charge is 0.234 e. The predicted octanol–water partition coefficient (Wildman–Crippen LogP) is 1.51. The molecule has 16 heavy (non-hydrogen) atoms. The summed E-state index contributed by atoms with van der Waals surface area (Å²) in [6.45, 7) is 0. The minimum atomic E-state index is -0.951. The van der Waals surface area contributed by atoms with E-state index in [1.54, 1.807) is 0 Å². The van der Waals surface area contributed by atoms with Crippen molar-refractivity contribution in [3.05, 3.63) is 29.6 Å². The number of carbonyl (C=O) groups excluding carboxylic acids is 1. The fraction of sp³-hybridized carbons (Fsp3) is 0.300. The van der Waals surface area contributed by atoms with E-state index in [9.17, 15) is 13.6 Å². The summed E-state index contributed by atoms with van der Waals surface area (Å²) in [7, 11) is 0. The van der Waals surface area contributed by atoms with Gasteiger partial charge in [0.05, 0.1) is 18.1 Å². The zero-order chi connectivity index (χ0) is 11.3. The van der Waals surface area contributed by atoms with E-state index in [0.29, 0.717) is 18.4 Å². The Kier molecular flexibility index (Phi) is 1.80. The van der Waals surface area contributed by atoms with E-state index in [4.69, 9.17) is 0 Å². The zero-order valence-corrected chi connectivity index (χ0v) is 8.10. The van der Waals surface area contributed by atoms with Crippen molar-refractivity contribution >= 4 is 12.1 Å². The number of aromatic nitrogens is 3. The molecule has 4 nitrogen and oxygen atoms in total. The number of fused-ring (bicyclic) bond motifs is 1. The van der Waals surface area contributed by atoms with Crippen LogP contribution in [0, 0.1) is 5.82 Å². The number of hydrogen-bond donors (Lipinski definition) is 0. The maximum atomic E-state index is 13.0. The number of aldehydes is 1. The van der Waals surface area contributed by atoms with Crippen LogP contribution in [0.5, 0.6) is 0 Å². The van der Waals surface area contributed by atoms with Crippen LogP contribution in [0.1, 0.15) is 28.5 Å². The van der Waals surface area contributed by atoms with E-state index in [1.165, 1.54) is 4.40 Å². The Labute approximate surface area is 88.9 Å². The molecule has 0 amide bonds. The molecule has 2 heterocycles. The molecule has 0 spiro atoms. The van der Waals surface area contributed by atoms with Crippen LogP contribution in [0.2, 0.25) is 0 Å². The third-order valence-electron chi connectivity index (χ3n) is 2.69. The van der Waals surface area contributed by atoms with Crippen molar-refractivity contribution in [2.45, 2.75) is 18.5 Å². The van der Waals surface area contributed by atoms with Crippen LogP contribution in [-0.4, -0.2) is 26.8 Å². The molecule has 0 unspecified atom stereocenters. The van der Waals surface area contributed by atoms with Gasteiger partial charge >= 0.3 is 0 Å². The number of nitrogens with zero attached hydrogens (tertiary/aromatic N) is 3. The molecule has 6 heteroatoms. The van der Waals surface area contributed by atoms with Gasteiger partial charge in [-0.2, -0.15) is 0 Å². The standard InChI is InChI=1S/C10H7F2N3O/c11-5-2-13-10-14-9(6-1-7(6)12)8(4-16)15(10)3-5/h2-4,6-7H,1H2/t6-,7-/m1/s1. The number of hydrogen-bond acceptors (Lipinski definition) is 3. The molecule has 0 radical (unpaired) electrons. The van der Waals surface area contributed by atoms with Gasteiger partial charge in [-0.05, 0) is 6.42 Å². The Morgan fingerprint density at radius 3 is 2.94 bits per heavy atom. The lowest BCUT2D eigenvalue weighted by Gasteiger charge is -1.94. The molecule has 2 aromatic rings. The Morgan fingerprint density at radius 1 is 1.56 bits per heavy atom. The largest absolute Gasteiger partial charge is 0.296 e. The van der Waals surface area contributed by atoms with Crippen LogP contribution in [0.25, 0.3) is 5.78 Å². The average molecular weight is 223 g/mol. The number of imidazole rings is 1. The second kappa shape index (κ2) is 3.07. The van der Waals surface area contributed by atoms with E-state index >= 15 is 0 Å². The van der Waals surface area contributed by atoms with E-state index in [0.717, 1.165) is 12.4 Å². The summed E-state index contributed by atoms with van der Waals surface area (Å²) in [5, 5.41) is 0. The van der Waals surface area contributed by atoms with Crippen LogP contribution in [-0.2, 0) is 0 Å². The van der Waals surface area contributed by atoms with Crippen molar-refractivity contribution in [2.75, 3.05) is 0 Å². The number of alkyl halides is 1. The van der Waals surface area contributed by atoms with Gasteiger partial charge in [-0.15, -0.1) is 0 Å². The highest BCUT2D eigenvalue weighted by Crippen LogP contribution is 2.43. The second-order valence-electron chi connectivity index (χ2n) is 3.80. The summed E-state index contributed by atoms with van der Waals surface area (Å²) in [5.74, 6) is -0.685. The predicted molar refractivity (Wildman–Crippen MR) is 50.6 cm³/mol. The lowest BCUT2D eigenvalue weighted by Crippen LogP contribution is -1.96. The van der Waals surface area contributed by atoms with Gasteiger partial charge < -0.3 is 0 Å². The van der Waals surface area contributed by atoms with Crippen LogP contribution >= 0.6 is 0 Å². The SMILES string of the molecule is O=Cc1c([C@@H]2C[C@H]2F)nc2ncc(F)cn12. The first-order chi connectivity index (χ1) is 7.70. The van der Waals surface area contributed by atoms with Crippen molar-refractivity contribution in [3.8, 4) is 0 Å². The lowest BCUT2D eigenvalue weighted by molar-refractivity contribution is 0.111. The molecule has 0 bridgehead atoms. The Balaban J connectivity index is 2.25. The van der Waals surface area contributed by atoms with Crippen molar-refractivity contribution in [2.24, 2.45) is 0 Å². The minimum Gasteiger partial charge on any atom is -0.296 e. The molecule has 0 N–H and O–H groups in total. The Bertz CT molecular complexity index is 581. The molecule has 1 fully saturated rings. The summed E-state index contributed by atoms with van der Waals surface area (Å²) in [5.41, 5.74) is 0.563. The summed E-state index contributed by atoms with van der Waals surface area (Å²) in [4.78, 5) is 18.7. The van der Waals surface area contributed by atoms with Gasteiger partial charge in [-0.3, -0.25) is 9.20 Å². The molecule has 2 atom stereocenters. The third kappa shape index (κ3) is 1.22. The van der Waals surface area contributed by atoms with Gasteiger partial charge in [-0.1, -0.05) is 0 Å². The molecule has 3 rings (SSSR count). The average Bonchev–Trinajstić information content (AvgIpc) is 2.88.